The largest absolute Gasteiger partial charge is 0.462 e. The molecule has 4 nitrogen and oxygen atoms in total. The number of likely N-dealkylation sites (tertiary alicyclic amines) is 1. The number of carbonyl (C=O) groups excluding carboxylic acids is 1. The molecule has 0 N–H and O–H groups in total. The Morgan fingerprint density at radius 1 is 1.50 bits per heavy atom. The molecular formula is C16H20N2O2. The molecule has 1 saturated heterocycles. The lowest BCUT2D eigenvalue weighted by Crippen LogP contribution is -2.37. The minimum Gasteiger partial charge on any atom is -0.462 e. The summed E-state index contributed by atoms with van der Waals surface area (Å²) in [6.07, 6.45) is 4.57. The Labute approximate surface area is 120 Å². The van der Waals surface area contributed by atoms with E-state index in [-0.39, 0.29) is 5.97 Å². The summed E-state index contributed by atoms with van der Waals surface area (Å²) in [5.41, 5.74) is 0.924. The minimum atomic E-state index is -0.347. The van der Waals surface area contributed by atoms with E-state index < -0.39 is 0 Å². The third-order valence-corrected chi connectivity index (χ3v) is 3.83. The summed E-state index contributed by atoms with van der Waals surface area (Å²) >= 11 is 0. The van der Waals surface area contributed by atoms with Gasteiger partial charge in [0.2, 0.25) is 0 Å². The van der Waals surface area contributed by atoms with Crippen LogP contribution in [0.5, 0.6) is 0 Å². The lowest BCUT2D eigenvalue weighted by atomic mass is 10.0. The number of nitriles is 1. The van der Waals surface area contributed by atoms with E-state index in [2.05, 4.69) is 11.9 Å². The van der Waals surface area contributed by atoms with Crippen molar-refractivity contribution in [1.29, 1.82) is 5.26 Å². The van der Waals surface area contributed by atoms with Crippen LogP contribution in [0.4, 0.5) is 0 Å². The summed E-state index contributed by atoms with van der Waals surface area (Å²) in [4.78, 5) is 14.2. The molecular weight excluding hydrogens is 252 g/mol. The second kappa shape index (κ2) is 7.06. The Morgan fingerprint density at radius 3 is 3.10 bits per heavy atom. The van der Waals surface area contributed by atoms with Crippen LogP contribution in [0.2, 0.25) is 0 Å². The second-order valence-electron chi connectivity index (χ2n) is 5.25. The molecule has 0 aliphatic carbocycles. The summed E-state index contributed by atoms with van der Waals surface area (Å²) < 4.78 is 5.30. The second-order valence-corrected chi connectivity index (χ2v) is 5.25. The van der Waals surface area contributed by atoms with E-state index in [1.54, 1.807) is 24.3 Å². The molecule has 1 aliphatic heterocycles. The Balaban J connectivity index is 1.81. The van der Waals surface area contributed by atoms with Crippen LogP contribution < -0.4 is 0 Å². The molecule has 1 fully saturated rings. The summed E-state index contributed by atoms with van der Waals surface area (Å²) in [5.74, 6) is -0.347. The zero-order valence-electron chi connectivity index (χ0n) is 11.8. The van der Waals surface area contributed by atoms with E-state index in [1.807, 2.05) is 6.07 Å². The zero-order chi connectivity index (χ0) is 14.4. The molecule has 0 aromatic heterocycles. The lowest BCUT2D eigenvalue weighted by molar-refractivity contribution is 0.0450. The van der Waals surface area contributed by atoms with Gasteiger partial charge in [0, 0.05) is 6.04 Å². The number of carbonyl (C=O) groups is 1. The van der Waals surface area contributed by atoms with Crippen molar-refractivity contribution in [2.24, 2.45) is 0 Å². The van der Waals surface area contributed by atoms with Gasteiger partial charge in [-0.1, -0.05) is 12.5 Å². The zero-order valence-corrected chi connectivity index (χ0v) is 11.8. The van der Waals surface area contributed by atoms with Crippen molar-refractivity contribution in [2.75, 3.05) is 20.2 Å². The number of ether oxygens (including phenoxy) is 1. The van der Waals surface area contributed by atoms with E-state index in [0.29, 0.717) is 23.8 Å². The van der Waals surface area contributed by atoms with Gasteiger partial charge in [-0.3, -0.25) is 0 Å². The molecule has 1 heterocycles. The average Bonchev–Trinajstić information content (AvgIpc) is 2.49. The van der Waals surface area contributed by atoms with Crippen LogP contribution in [0.1, 0.15) is 41.6 Å². The summed E-state index contributed by atoms with van der Waals surface area (Å²) in [6, 6.07) is 9.15. The van der Waals surface area contributed by atoms with Crippen molar-refractivity contribution in [1.82, 2.24) is 4.90 Å². The first kappa shape index (κ1) is 14.5. The van der Waals surface area contributed by atoms with Crippen molar-refractivity contribution in [3.05, 3.63) is 35.4 Å². The molecule has 1 unspecified atom stereocenters. The Morgan fingerprint density at radius 2 is 2.35 bits per heavy atom. The number of benzene rings is 1. The van der Waals surface area contributed by atoms with Crippen molar-refractivity contribution in [3.8, 4) is 6.07 Å². The Bertz CT molecular complexity index is 507. The molecule has 1 aliphatic rings. The van der Waals surface area contributed by atoms with Gasteiger partial charge >= 0.3 is 5.97 Å². The molecule has 0 amide bonds. The highest BCUT2D eigenvalue weighted by atomic mass is 16.5. The van der Waals surface area contributed by atoms with E-state index in [1.165, 1.54) is 19.3 Å². The fourth-order valence-corrected chi connectivity index (χ4v) is 2.60. The molecule has 0 saturated carbocycles. The van der Waals surface area contributed by atoms with Crippen LogP contribution in [-0.4, -0.2) is 37.1 Å². The summed E-state index contributed by atoms with van der Waals surface area (Å²) in [6.45, 7) is 1.56. The topological polar surface area (TPSA) is 53.3 Å². The van der Waals surface area contributed by atoms with Crippen LogP contribution in [0.15, 0.2) is 24.3 Å². The van der Waals surface area contributed by atoms with Crippen LogP contribution in [0.3, 0.4) is 0 Å². The van der Waals surface area contributed by atoms with Gasteiger partial charge in [-0.15, -0.1) is 0 Å². The lowest BCUT2D eigenvalue weighted by Gasteiger charge is -2.32. The standard InChI is InChI=1S/C16H20N2O2/c1-18-9-3-2-7-15(18)8-10-20-16(19)14-6-4-5-13(11-14)12-17/h4-6,11,15H,2-3,7-10H2,1H3. The highest BCUT2D eigenvalue weighted by Crippen LogP contribution is 2.17. The predicted molar refractivity (Wildman–Crippen MR) is 76.3 cm³/mol. The maximum atomic E-state index is 11.9. The molecule has 1 atom stereocenters. The first-order valence-corrected chi connectivity index (χ1v) is 7.08. The number of nitrogens with zero attached hydrogens (tertiary/aromatic N) is 2. The van der Waals surface area contributed by atoms with Gasteiger partial charge in [-0.25, -0.2) is 4.79 Å². The van der Waals surface area contributed by atoms with Crippen molar-refractivity contribution in [2.45, 2.75) is 31.7 Å². The van der Waals surface area contributed by atoms with E-state index in [9.17, 15) is 4.79 Å². The molecule has 1 aromatic carbocycles. The maximum Gasteiger partial charge on any atom is 0.338 e. The SMILES string of the molecule is CN1CCCCC1CCOC(=O)c1cccc(C#N)c1. The maximum absolute atomic E-state index is 11.9. The van der Waals surface area contributed by atoms with E-state index in [4.69, 9.17) is 10.00 Å². The fraction of sp³-hybridized carbons (Fsp3) is 0.500. The molecule has 20 heavy (non-hydrogen) atoms. The molecule has 0 spiro atoms. The normalized spacial score (nSPS) is 19.3. The van der Waals surface area contributed by atoms with Gasteiger partial charge in [0.25, 0.3) is 0 Å². The predicted octanol–water partition coefficient (Wildman–Crippen LogP) is 2.59. The number of hydrogen-bond acceptors (Lipinski definition) is 4. The van der Waals surface area contributed by atoms with Crippen molar-refractivity contribution < 1.29 is 9.53 Å². The van der Waals surface area contributed by atoms with Gasteiger partial charge in [0.05, 0.1) is 23.8 Å². The van der Waals surface area contributed by atoms with Crippen LogP contribution in [0, 0.1) is 11.3 Å². The van der Waals surface area contributed by atoms with Gasteiger partial charge in [0.15, 0.2) is 0 Å². The van der Waals surface area contributed by atoms with Crippen LogP contribution in [-0.2, 0) is 4.74 Å². The van der Waals surface area contributed by atoms with E-state index in [0.717, 1.165) is 13.0 Å². The van der Waals surface area contributed by atoms with Gasteiger partial charge < -0.3 is 9.64 Å². The highest BCUT2D eigenvalue weighted by Gasteiger charge is 2.19. The monoisotopic (exact) mass is 272 g/mol. The van der Waals surface area contributed by atoms with E-state index >= 15 is 0 Å². The first-order chi connectivity index (χ1) is 9.70. The van der Waals surface area contributed by atoms with Gasteiger partial charge in [0.1, 0.15) is 0 Å². The molecule has 1 aromatic rings. The van der Waals surface area contributed by atoms with Gasteiger partial charge in [-0.05, 0) is 51.1 Å². The summed E-state index contributed by atoms with van der Waals surface area (Å²) in [7, 11) is 2.13. The Hall–Kier alpha value is -1.86. The smallest absolute Gasteiger partial charge is 0.338 e. The number of hydrogen-bond donors (Lipinski definition) is 0. The van der Waals surface area contributed by atoms with Crippen molar-refractivity contribution >= 4 is 5.97 Å². The first-order valence-electron chi connectivity index (χ1n) is 7.08. The summed E-state index contributed by atoms with van der Waals surface area (Å²) in [5, 5.41) is 8.81. The Kier molecular flexibility index (Phi) is 5.14. The average molecular weight is 272 g/mol. The van der Waals surface area contributed by atoms with Crippen LogP contribution in [0.25, 0.3) is 0 Å². The molecule has 0 radical (unpaired) electrons. The third kappa shape index (κ3) is 3.82. The van der Waals surface area contributed by atoms with Gasteiger partial charge in [-0.2, -0.15) is 5.26 Å². The number of esters is 1. The molecule has 0 bridgehead atoms. The highest BCUT2D eigenvalue weighted by molar-refractivity contribution is 5.89. The quantitative estimate of drug-likeness (QED) is 0.791. The minimum absolute atomic E-state index is 0.347. The molecule has 4 heteroatoms. The number of rotatable bonds is 4. The third-order valence-electron chi connectivity index (χ3n) is 3.83. The fourth-order valence-electron chi connectivity index (χ4n) is 2.60. The number of piperidine rings is 1. The van der Waals surface area contributed by atoms with Crippen LogP contribution >= 0.6 is 0 Å². The molecule has 2 rings (SSSR count). The van der Waals surface area contributed by atoms with Crippen molar-refractivity contribution in [3.63, 3.8) is 0 Å². The molecule has 106 valence electrons.